The summed E-state index contributed by atoms with van der Waals surface area (Å²) in [6, 6.07) is 13.0. The molecule has 0 radical (unpaired) electrons. The zero-order valence-electron chi connectivity index (χ0n) is 22.0. The van der Waals surface area contributed by atoms with Crippen molar-refractivity contribution in [2.24, 2.45) is 0 Å². The van der Waals surface area contributed by atoms with Crippen LogP contribution in [0, 0.1) is 5.82 Å². The topological polar surface area (TPSA) is 77.0 Å². The number of hydrogen-bond acceptors (Lipinski definition) is 7. The fourth-order valence-corrected chi connectivity index (χ4v) is 5.11. The lowest BCUT2D eigenvalue weighted by Crippen LogP contribution is -2.49. The van der Waals surface area contributed by atoms with Crippen LogP contribution in [0.15, 0.2) is 48.8 Å². The molecule has 1 aliphatic heterocycles. The number of unbranched alkanes of at least 4 members (excludes halogenated alkanes) is 1. The Kier molecular flexibility index (Phi) is 8.28. The molecule has 1 saturated heterocycles. The van der Waals surface area contributed by atoms with Gasteiger partial charge in [-0.3, -0.25) is 0 Å². The molecule has 4 aromatic rings. The highest BCUT2D eigenvalue weighted by molar-refractivity contribution is 6.35. The SMILES string of the molecule is CCCCOC(=O)N1CCN(c2ncnc3c(F)c(-c4cc(OCOC)cc5ccccc45)c(Cl)cc23)CC1. The Balaban J connectivity index is 1.49. The quantitative estimate of drug-likeness (QED) is 0.188. The Morgan fingerprint density at radius 1 is 1.08 bits per heavy atom. The number of anilines is 1. The zero-order valence-corrected chi connectivity index (χ0v) is 22.7. The molecule has 1 aromatic heterocycles. The van der Waals surface area contributed by atoms with Gasteiger partial charge in [-0.25, -0.2) is 19.2 Å². The van der Waals surface area contributed by atoms with Crippen LogP contribution in [0.5, 0.6) is 5.75 Å². The number of aromatic nitrogens is 2. The second kappa shape index (κ2) is 12.0. The highest BCUT2D eigenvalue weighted by Gasteiger charge is 2.26. The maximum Gasteiger partial charge on any atom is 0.409 e. The molecule has 204 valence electrons. The van der Waals surface area contributed by atoms with Crippen molar-refractivity contribution in [1.82, 2.24) is 14.9 Å². The smallest absolute Gasteiger partial charge is 0.409 e. The Morgan fingerprint density at radius 3 is 2.64 bits per heavy atom. The predicted molar refractivity (Wildman–Crippen MR) is 150 cm³/mol. The van der Waals surface area contributed by atoms with E-state index in [1.165, 1.54) is 13.4 Å². The van der Waals surface area contributed by atoms with Gasteiger partial charge in [0.25, 0.3) is 0 Å². The molecule has 0 spiro atoms. The molecular weight excluding hydrogens is 523 g/mol. The molecule has 3 aromatic carbocycles. The van der Waals surface area contributed by atoms with Crippen molar-refractivity contribution in [3.63, 3.8) is 0 Å². The highest BCUT2D eigenvalue weighted by Crippen LogP contribution is 2.42. The molecule has 0 N–H and O–H groups in total. The molecule has 0 saturated carbocycles. The van der Waals surface area contributed by atoms with Crippen molar-refractivity contribution in [2.75, 3.05) is 51.6 Å². The Bertz CT molecular complexity index is 1490. The van der Waals surface area contributed by atoms with Gasteiger partial charge < -0.3 is 24.0 Å². The number of fused-ring (bicyclic) bond motifs is 2. The number of methoxy groups -OCH3 is 1. The number of ether oxygens (including phenoxy) is 3. The molecule has 1 aliphatic rings. The number of carbonyl (C=O) groups excluding carboxylic acids is 1. The fraction of sp³-hybridized carbons (Fsp3) is 0.345. The highest BCUT2D eigenvalue weighted by atomic mass is 35.5. The van der Waals surface area contributed by atoms with E-state index in [9.17, 15) is 4.79 Å². The van der Waals surface area contributed by atoms with E-state index in [4.69, 9.17) is 25.8 Å². The summed E-state index contributed by atoms with van der Waals surface area (Å²) in [5.74, 6) is 0.581. The molecule has 1 fully saturated rings. The average molecular weight is 553 g/mol. The molecule has 39 heavy (non-hydrogen) atoms. The average Bonchev–Trinajstić information content (AvgIpc) is 2.96. The summed E-state index contributed by atoms with van der Waals surface area (Å²) in [6.45, 7) is 4.54. The minimum atomic E-state index is -0.534. The van der Waals surface area contributed by atoms with Crippen LogP contribution < -0.4 is 9.64 Å². The molecule has 0 unspecified atom stereocenters. The second-order valence-corrected chi connectivity index (χ2v) is 9.73. The van der Waals surface area contributed by atoms with Gasteiger partial charge in [0.2, 0.25) is 0 Å². The number of carbonyl (C=O) groups is 1. The molecule has 0 aliphatic carbocycles. The lowest BCUT2D eigenvalue weighted by Gasteiger charge is -2.35. The van der Waals surface area contributed by atoms with Gasteiger partial charge >= 0.3 is 6.09 Å². The largest absolute Gasteiger partial charge is 0.468 e. The van der Waals surface area contributed by atoms with Crippen molar-refractivity contribution in [1.29, 1.82) is 0 Å². The number of hydrogen-bond donors (Lipinski definition) is 0. The summed E-state index contributed by atoms with van der Waals surface area (Å²) in [7, 11) is 1.54. The van der Waals surface area contributed by atoms with E-state index < -0.39 is 5.82 Å². The van der Waals surface area contributed by atoms with Gasteiger partial charge in [-0.15, -0.1) is 0 Å². The number of rotatable bonds is 8. The van der Waals surface area contributed by atoms with Crippen molar-refractivity contribution >= 4 is 45.2 Å². The summed E-state index contributed by atoms with van der Waals surface area (Å²) in [4.78, 5) is 24.8. The van der Waals surface area contributed by atoms with Gasteiger partial charge in [0, 0.05) is 44.2 Å². The van der Waals surface area contributed by atoms with Gasteiger partial charge in [-0.2, -0.15) is 0 Å². The molecule has 0 atom stereocenters. The second-order valence-electron chi connectivity index (χ2n) is 9.33. The fourth-order valence-electron chi connectivity index (χ4n) is 4.81. The predicted octanol–water partition coefficient (Wildman–Crippen LogP) is 6.28. The minimum Gasteiger partial charge on any atom is -0.468 e. The van der Waals surface area contributed by atoms with E-state index in [1.54, 1.807) is 17.0 Å². The third kappa shape index (κ3) is 5.55. The zero-order chi connectivity index (χ0) is 27.4. The van der Waals surface area contributed by atoms with Crippen LogP contribution in [0.2, 0.25) is 5.02 Å². The molecule has 1 amide bonds. The molecular formula is C29H30ClFN4O4. The van der Waals surface area contributed by atoms with Crippen molar-refractivity contribution in [3.8, 4) is 16.9 Å². The van der Waals surface area contributed by atoms with Crippen LogP contribution in [-0.2, 0) is 9.47 Å². The number of piperazine rings is 1. The van der Waals surface area contributed by atoms with Crippen molar-refractivity contribution in [2.45, 2.75) is 19.8 Å². The lowest BCUT2D eigenvalue weighted by molar-refractivity contribution is 0.0512. The van der Waals surface area contributed by atoms with E-state index in [-0.39, 0.29) is 29.0 Å². The number of benzene rings is 3. The number of amides is 1. The van der Waals surface area contributed by atoms with Gasteiger partial charge in [0.15, 0.2) is 12.6 Å². The maximum atomic E-state index is 16.3. The first-order valence-electron chi connectivity index (χ1n) is 13.0. The van der Waals surface area contributed by atoms with Crippen LogP contribution in [0.25, 0.3) is 32.8 Å². The van der Waals surface area contributed by atoms with Crippen LogP contribution in [0.4, 0.5) is 15.0 Å². The van der Waals surface area contributed by atoms with E-state index in [0.717, 1.165) is 23.6 Å². The molecule has 5 rings (SSSR count). The third-order valence-corrected chi connectivity index (χ3v) is 7.11. The number of nitrogens with zero attached hydrogens (tertiary/aromatic N) is 4. The minimum absolute atomic E-state index is 0.0615. The summed E-state index contributed by atoms with van der Waals surface area (Å²) < 4.78 is 32.3. The van der Waals surface area contributed by atoms with Crippen LogP contribution in [0.3, 0.4) is 0 Å². The van der Waals surface area contributed by atoms with E-state index in [0.29, 0.717) is 55.3 Å². The Hall–Kier alpha value is -3.69. The number of halogens is 2. The van der Waals surface area contributed by atoms with Crippen molar-refractivity contribution in [3.05, 3.63) is 59.6 Å². The summed E-state index contributed by atoms with van der Waals surface area (Å²) in [6.07, 6.45) is 2.86. The summed E-state index contributed by atoms with van der Waals surface area (Å²) >= 11 is 6.79. The Morgan fingerprint density at radius 2 is 1.87 bits per heavy atom. The first-order valence-corrected chi connectivity index (χ1v) is 13.3. The van der Waals surface area contributed by atoms with Gasteiger partial charge in [0.05, 0.1) is 11.6 Å². The molecule has 8 nitrogen and oxygen atoms in total. The van der Waals surface area contributed by atoms with Crippen LogP contribution in [-0.4, -0.2) is 67.6 Å². The van der Waals surface area contributed by atoms with E-state index in [1.807, 2.05) is 42.2 Å². The molecule has 0 bridgehead atoms. The van der Waals surface area contributed by atoms with Gasteiger partial charge in [-0.1, -0.05) is 49.2 Å². The third-order valence-electron chi connectivity index (χ3n) is 6.81. The standard InChI is InChI=1S/C29H30ClFN4O4/c1-3-4-13-38-29(36)35-11-9-34(10-12-35)28-23-16-24(30)25(26(31)27(23)32-17-33-28)22-15-20(39-18-37-2)14-19-7-5-6-8-21(19)22/h5-8,14-17H,3-4,9-13,18H2,1-2H3. The maximum absolute atomic E-state index is 16.3. The normalized spacial score (nSPS) is 13.7. The summed E-state index contributed by atoms with van der Waals surface area (Å²) in [5.41, 5.74) is 1.01. The summed E-state index contributed by atoms with van der Waals surface area (Å²) in [5, 5.41) is 2.46. The molecule has 2 heterocycles. The van der Waals surface area contributed by atoms with Crippen molar-refractivity contribution < 1.29 is 23.4 Å². The van der Waals surface area contributed by atoms with Crippen LogP contribution in [0.1, 0.15) is 19.8 Å². The molecule has 10 heteroatoms. The Labute approximate surface area is 231 Å². The van der Waals surface area contributed by atoms with Gasteiger partial charge in [-0.05, 0) is 41.0 Å². The van der Waals surface area contributed by atoms with E-state index in [2.05, 4.69) is 9.97 Å². The van der Waals surface area contributed by atoms with Gasteiger partial charge in [0.1, 0.15) is 23.4 Å². The van der Waals surface area contributed by atoms with E-state index >= 15 is 4.39 Å². The lowest BCUT2D eigenvalue weighted by atomic mass is 9.96. The first kappa shape index (κ1) is 26.9. The monoisotopic (exact) mass is 552 g/mol. The van der Waals surface area contributed by atoms with Crippen LogP contribution >= 0.6 is 11.6 Å². The first-order chi connectivity index (χ1) is 19.0.